The number of nitro groups is 1. The highest BCUT2D eigenvalue weighted by molar-refractivity contribution is 5.95. The molecule has 0 radical (unpaired) electrons. The highest BCUT2D eigenvalue weighted by Crippen LogP contribution is 2.34. The first kappa shape index (κ1) is 19.7. The molecule has 0 heterocycles. The van der Waals surface area contributed by atoms with Crippen molar-refractivity contribution in [1.29, 1.82) is 5.26 Å². The number of hydrogen-bond acceptors (Lipinski definition) is 5. The van der Waals surface area contributed by atoms with Gasteiger partial charge in [-0.25, -0.2) is 0 Å². The van der Waals surface area contributed by atoms with Gasteiger partial charge in [0.1, 0.15) is 6.07 Å². The molecule has 0 aliphatic heterocycles. The number of nitriles is 1. The molecule has 0 bridgehead atoms. The van der Waals surface area contributed by atoms with E-state index in [2.05, 4.69) is 5.32 Å². The molecule has 1 N–H and O–H groups in total. The number of likely N-dealkylation sites (N-methyl/N-ethyl adjacent to an activating group) is 1. The number of hydrogen-bond donors (Lipinski definition) is 1. The van der Waals surface area contributed by atoms with Crippen LogP contribution in [0.1, 0.15) is 11.1 Å². The molecule has 0 aromatic heterocycles. The van der Waals surface area contributed by atoms with Crippen LogP contribution in [0.2, 0.25) is 0 Å². The van der Waals surface area contributed by atoms with Crippen LogP contribution in [-0.4, -0.2) is 24.4 Å². The number of nitrogens with zero attached hydrogens (tertiary/aromatic N) is 3. The minimum absolute atomic E-state index is 0.0322. The van der Waals surface area contributed by atoms with Crippen LogP contribution in [0.4, 0.5) is 30.2 Å². The normalized spacial score (nSPS) is 10.8. The molecule has 0 aliphatic rings. The van der Waals surface area contributed by atoms with E-state index in [0.717, 1.165) is 18.2 Å². The second-order valence-corrected chi connectivity index (χ2v) is 5.52. The van der Waals surface area contributed by atoms with Crippen LogP contribution in [-0.2, 0) is 11.0 Å². The molecule has 140 valence electrons. The molecule has 1 amide bonds. The molecular weight excluding hydrogens is 365 g/mol. The van der Waals surface area contributed by atoms with Gasteiger partial charge in [-0.15, -0.1) is 0 Å². The lowest BCUT2D eigenvalue weighted by Gasteiger charge is -2.20. The summed E-state index contributed by atoms with van der Waals surface area (Å²) in [4.78, 5) is 23.6. The third-order valence-corrected chi connectivity index (χ3v) is 3.61. The number of alkyl halides is 3. The molecule has 10 heteroatoms. The van der Waals surface area contributed by atoms with Crippen molar-refractivity contribution >= 4 is 23.0 Å². The van der Waals surface area contributed by atoms with E-state index in [1.165, 1.54) is 36.2 Å². The van der Waals surface area contributed by atoms with E-state index in [1.54, 1.807) is 6.07 Å². The molecule has 0 atom stereocenters. The van der Waals surface area contributed by atoms with Gasteiger partial charge in [-0.3, -0.25) is 14.9 Å². The van der Waals surface area contributed by atoms with Crippen molar-refractivity contribution in [3.8, 4) is 6.07 Å². The van der Waals surface area contributed by atoms with Crippen molar-refractivity contribution < 1.29 is 22.9 Å². The Balaban J connectivity index is 2.18. The zero-order valence-corrected chi connectivity index (χ0v) is 13.9. The molecule has 2 aromatic carbocycles. The number of benzene rings is 2. The summed E-state index contributed by atoms with van der Waals surface area (Å²) < 4.78 is 38.9. The van der Waals surface area contributed by atoms with Gasteiger partial charge in [0.2, 0.25) is 5.91 Å². The number of halogens is 3. The molecule has 7 nitrogen and oxygen atoms in total. The van der Waals surface area contributed by atoms with Crippen molar-refractivity contribution in [2.24, 2.45) is 0 Å². The Morgan fingerprint density at radius 3 is 2.56 bits per heavy atom. The fraction of sp³-hybridized carbons (Fsp3) is 0.176. The summed E-state index contributed by atoms with van der Waals surface area (Å²) in [5.74, 6) is -0.739. The lowest BCUT2D eigenvalue weighted by Crippen LogP contribution is -2.31. The first-order chi connectivity index (χ1) is 12.6. The molecular formula is C17H13F3N4O3. The summed E-state index contributed by atoms with van der Waals surface area (Å²) in [6.07, 6.45) is -4.62. The van der Waals surface area contributed by atoms with Gasteiger partial charge in [0.05, 0.1) is 34.0 Å². The van der Waals surface area contributed by atoms with E-state index in [-0.39, 0.29) is 29.2 Å². The largest absolute Gasteiger partial charge is 0.418 e. The van der Waals surface area contributed by atoms with Crippen molar-refractivity contribution in [3.63, 3.8) is 0 Å². The quantitative estimate of drug-likeness (QED) is 0.633. The summed E-state index contributed by atoms with van der Waals surface area (Å²) >= 11 is 0. The van der Waals surface area contributed by atoms with Crippen molar-refractivity contribution in [3.05, 3.63) is 63.7 Å². The number of rotatable bonds is 5. The second-order valence-electron chi connectivity index (χ2n) is 5.52. The molecule has 0 unspecified atom stereocenters. The second kappa shape index (κ2) is 7.74. The monoisotopic (exact) mass is 378 g/mol. The fourth-order valence-corrected chi connectivity index (χ4v) is 2.39. The highest BCUT2D eigenvalue weighted by Gasteiger charge is 2.33. The summed E-state index contributed by atoms with van der Waals surface area (Å²) in [7, 11) is 1.44. The van der Waals surface area contributed by atoms with E-state index in [0.29, 0.717) is 0 Å². The zero-order valence-electron chi connectivity index (χ0n) is 13.9. The summed E-state index contributed by atoms with van der Waals surface area (Å²) in [6.45, 7) is -0.362. The van der Waals surface area contributed by atoms with Gasteiger partial charge in [0.25, 0.3) is 5.69 Å². The van der Waals surface area contributed by atoms with Crippen LogP contribution in [0.15, 0.2) is 42.5 Å². The standard InChI is InChI=1S/C17H13F3N4O3/c1-23(15-7-6-12(24(26)27)8-11(15)9-21)10-16(25)22-14-5-3-2-4-13(14)17(18,19)20/h2-8H,10H2,1H3,(H,22,25). The lowest BCUT2D eigenvalue weighted by molar-refractivity contribution is -0.384. The number of carbonyl (C=O) groups is 1. The zero-order chi connectivity index (χ0) is 20.2. The minimum Gasteiger partial charge on any atom is -0.364 e. The van der Waals surface area contributed by atoms with E-state index < -0.39 is 22.6 Å². The maximum Gasteiger partial charge on any atom is 0.418 e. The van der Waals surface area contributed by atoms with Crippen LogP contribution >= 0.6 is 0 Å². The van der Waals surface area contributed by atoms with Crippen molar-refractivity contribution in [2.45, 2.75) is 6.18 Å². The number of nitro benzene ring substituents is 1. The molecule has 0 saturated heterocycles. The Hall–Kier alpha value is -3.61. The Morgan fingerprint density at radius 2 is 1.96 bits per heavy atom. The lowest BCUT2D eigenvalue weighted by atomic mass is 10.1. The SMILES string of the molecule is CN(CC(=O)Nc1ccccc1C(F)(F)F)c1ccc([N+](=O)[O-])cc1C#N. The predicted molar refractivity (Wildman–Crippen MR) is 91.2 cm³/mol. The Morgan fingerprint density at radius 1 is 1.30 bits per heavy atom. The molecule has 0 saturated carbocycles. The van der Waals surface area contributed by atoms with Crippen molar-refractivity contribution in [1.82, 2.24) is 0 Å². The maximum absolute atomic E-state index is 13.0. The molecule has 2 aromatic rings. The van der Waals surface area contributed by atoms with Gasteiger partial charge in [0, 0.05) is 19.2 Å². The average molecular weight is 378 g/mol. The van der Waals surface area contributed by atoms with Crippen LogP contribution in [0, 0.1) is 21.4 Å². The average Bonchev–Trinajstić information content (AvgIpc) is 2.60. The van der Waals surface area contributed by atoms with E-state index in [9.17, 15) is 28.1 Å². The van der Waals surface area contributed by atoms with Crippen molar-refractivity contribution in [2.75, 3.05) is 23.8 Å². The van der Waals surface area contributed by atoms with E-state index >= 15 is 0 Å². The minimum atomic E-state index is -4.62. The number of para-hydroxylation sites is 1. The smallest absolute Gasteiger partial charge is 0.364 e. The number of amides is 1. The Bertz CT molecular complexity index is 922. The Kier molecular flexibility index (Phi) is 5.65. The van der Waals surface area contributed by atoms with Gasteiger partial charge in [-0.1, -0.05) is 12.1 Å². The predicted octanol–water partition coefficient (Wildman–Crippen LogP) is 3.56. The first-order valence-electron chi connectivity index (χ1n) is 7.49. The topological polar surface area (TPSA) is 99.3 Å². The Labute approximate surface area is 151 Å². The van der Waals surface area contributed by atoms with E-state index in [1.807, 2.05) is 0 Å². The summed E-state index contributed by atoms with van der Waals surface area (Å²) in [6, 6.07) is 9.88. The number of nitrogens with one attached hydrogen (secondary N) is 1. The van der Waals surface area contributed by atoms with Gasteiger partial charge in [-0.05, 0) is 18.2 Å². The molecule has 2 rings (SSSR count). The summed E-state index contributed by atoms with van der Waals surface area (Å²) in [5.41, 5.74) is -1.44. The van der Waals surface area contributed by atoms with Gasteiger partial charge in [0.15, 0.2) is 0 Å². The first-order valence-corrected chi connectivity index (χ1v) is 7.49. The number of anilines is 2. The highest BCUT2D eigenvalue weighted by atomic mass is 19.4. The summed E-state index contributed by atoms with van der Waals surface area (Å²) in [5, 5.41) is 22.1. The fourth-order valence-electron chi connectivity index (χ4n) is 2.39. The van der Waals surface area contributed by atoms with Crippen LogP contribution in [0.25, 0.3) is 0 Å². The third-order valence-electron chi connectivity index (χ3n) is 3.61. The van der Waals surface area contributed by atoms with Crippen LogP contribution < -0.4 is 10.2 Å². The maximum atomic E-state index is 13.0. The van der Waals surface area contributed by atoms with Gasteiger partial charge in [-0.2, -0.15) is 18.4 Å². The number of carbonyl (C=O) groups excluding carboxylic acids is 1. The molecule has 0 fully saturated rings. The van der Waals surface area contributed by atoms with Gasteiger partial charge >= 0.3 is 6.18 Å². The number of non-ortho nitro benzene ring substituents is 1. The molecule has 0 aliphatic carbocycles. The van der Waals surface area contributed by atoms with Crippen LogP contribution in [0.5, 0.6) is 0 Å². The van der Waals surface area contributed by atoms with E-state index in [4.69, 9.17) is 5.26 Å². The van der Waals surface area contributed by atoms with Crippen LogP contribution in [0.3, 0.4) is 0 Å². The molecule has 27 heavy (non-hydrogen) atoms. The third kappa shape index (κ3) is 4.72. The van der Waals surface area contributed by atoms with Gasteiger partial charge < -0.3 is 10.2 Å². The molecule has 0 spiro atoms.